The van der Waals surface area contributed by atoms with Gasteiger partial charge in [0, 0.05) is 24.9 Å². The van der Waals surface area contributed by atoms with E-state index in [1.807, 2.05) is 48.5 Å². The van der Waals surface area contributed by atoms with E-state index in [4.69, 9.17) is 10.1 Å². The van der Waals surface area contributed by atoms with Crippen molar-refractivity contribution in [1.29, 1.82) is 0 Å². The number of nitrogens with one attached hydrogen (secondary N) is 2. The molecule has 4 rings (SSSR count). The van der Waals surface area contributed by atoms with Crippen LogP contribution in [0.1, 0.15) is 60.4 Å². The summed E-state index contributed by atoms with van der Waals surface area (Å²) < 4.78 is 6.65. The van der Waals surface area contributed by atoms with Gasteiger partial charge in [-0.3, -0.25) is 19.2 Å². The van der Waals surface area contributed by atoms with Crippen LogP contribution in [0.2, 0.25) is 0 Å². The highest BCUT2D eigenvalue weighted by Crippen LogP contribution is 2.28. The number of nitrogens with zero attached hydrogens (tertiary/aromatic N) is 2. The van der Waals surface area contributed by atoms with Crippen LogP contribution in [0.15, 0.2) is 60.7 Å². The molecule has 0 saturated heterocycles. The molecule has 0 aliphatic rings. The summed E-state index contributed by atoms with van der Waals surface area (Å²) in [7, 11) is 1.25. The molecule has 0 spiro atoms. The van der Waals surface area contributed by atoms with Crippen molar-refractivity contribution in [3.63, 3.8) is 0 Å². The van der Waals surface area contributed by atoms with Gasteiger partial charge in [-0.15, -0.1) is 0 Å². The number of hydrogen-bond acceptors (Lipinski definition) is 6. The summed E-state index contributed by atoms with van der Waals surface area (Å²) in [6.07, 6.45) is 1.81. The quantitative estimate of drug-likeness (QED) is 0.209. The van der Waals surface area contributed by atoms with E-state index in [1.54, 1.807) is 12.1 Å². The molecule has 41 heavy (non-hydrogen) atoms. The first kappa shape index (κ1) is 29.3. The molecule has 1 unspecified atom stereocenters. The lowest BCUT2D eigenvalue weighted by atomic mass is 9.98. The van der Waals surface area contributed by atoms with E-state index < -0.39 is 23.9 Å². The Morgan fingerprint density at radius 1 is 1.02 bits per heavy atom. The molecule has 1 atom stereocenters. The summed E-state index contributed by atoms with van der Waals surface area (Å²) in [6, 6.07) is 18.6. The van der Waals surface area contributed by atoms with E-state index in [-0.39, 0.29) is 25.3 Å². The Kier molecular flexibility index (Phi) is 9.68. The summed E-state index contributed by atoms with van der Waals surface area (Å²) >= 11 is 0. The van der Waals surface area contributed by atoms with E-state index in [1.165, 1.54) is 7.11 Å². The molecular formula is C31H34N4O6. The van der Waals surface area contributed by atoms with Gasteiger partial charge in [0.2, 0.25) is 5.91 Å². The maximum absolute atomic E-state index is 12.9. The number of ether oxygens (including phenoxy) is 1. The fraction of sp³-hybridized carbons (Fsp3) is 0.323. The molecule has 214 valence electrons. The zero-order chi connectivity index (χ0) is 29.4. The van der Waals surface area contributed by atoms with Crippen LogP contribution in [0.4, 0.5) is 0 Å². The normalized spacial score (nSPS) is 11.8. The van der Waals surface area contributed by atoms with Crippen LogP contribution in [-0.4, -0.2) is 52.1 Å². The summed E-state index contributed by atoms with van der Waals surface area (Å²) in [5.41, 5.74) is 2.73. The van der Waals surface area contributed by atoms with Crippen molar-refractivity contribution in [2.45, 2.75) is 51.6 Å². The topological polar surface area (TPSA) is 140 Å². The molecule has 10 heteroatoms. The number of esters is 1. The first-order valence-electron chi connectivity index (χ1n) is 13.6. The fourth-order valence-electron chi connectivity index (χ4n) is 4.82. The molecule has 0 bridgehead atoms. The molecule has 2 amide bonds. The van der Waals surface area contributed by atoms with Gasteiger partial charge in [-0.05, 0) is 41.0 Å². The number of imidazole rings is 1. The minimum atomic E-state index is -1.04. The van der Waals surface area contributed by atoms with Crippen molar-refractivity contribution < 1.29 is 29.0 Å². The van der Waals surface area contributed by atoms with Crippen molar-refractivity contribution in [2.75, 3.05) is 13.7 Å². The van der Waals surface area contributed by atoms with Gasteiger partial charge >= 0.3 is 11.9 Å². The third kappa shape index (κ3) is 7.27. The molecule has 1 heterocycles. The van der Waals surface area contributed by atoms with Crippen molar-refractivity contribution in [3.05, 3.63) is 77.6 Å². The van der Waals surface area contributed by atoms with Crippen LogP contribution in [0.5, 0.6) is 0 Å². The van der Waals surface area contributed by atoms with E-state index in [0.29, 0.717) is 29.9 Å². The van der Waals surface area contributed by atoms with E-state index in [9.17, 15) is 19.2 Å². The van der Waals surface area contributed by atoms with Gasteiger partial charge in [0.05, 0.1) is 30.6 Å². The standard InChI is InChI=1S/C31H34N4O6/c1-3-4-16-35-26-13-12-22(31(40)32-19-29(39)41-2)18-24(26)34-30(35)25(33-27(36)14-15-28(37)38)17-21-10-7-9-20-8-5-6-11-23(20)21/h5-13,18,25H,3-4,14-17,19H2,1-2H3,(H,32,40)(H,33,36)(H,37,38). The highest BCUT2D eigenvalue weighted by Gasteiger charge is 2.24. The van der Waals surface area contributed by atoms with Crippen LogP contribution in [0, 0.1) is 0 Å². The lowest BCUT2D eigenvalue weighted by molar-refractivity contribution is -0.139. The summed E-state index contributed by atoms with van der Waals surface area (Å²) in [5.74, 6) is -1.79. The number of hydrogen-bond donors (Lipinski definition) is 3. The second-order valence-electron chi connectivity index (χ2n) is 9.79. The summed E-state index contributed by atoms with van der Waals surface area (Å²) in [4.78, 5) is 53.1. The molecule has 3 N–H and O–H groups in total. The largest absolute Gasteiger partial charge is 0.481 e. The zero-order valence-electron chi connectivity index (χ0n) is 23.2. The smallest absolute Gasteiger partial charge is 0.325 e. The number of methoxy groups -OCH3 is 1. The maximum Gasteiger partial charge on any atom is 0.325 e. The Balaban J connectivity index is 1.75. The predicted molar refractivity (Wildman–Crippen MR) is 154 cm³/mol. The number of carboxylic acid groups (broad SMARTS) is 1. The fourth-order valence-corrected chi connectivity index (χ4v) is 4.82. The van der Waals surface area contributed by atoms with Crippen molar-refractivity contribution in [1.82, 2.24) is 20.2 Å². The maximum atomic E-state index is 12.9. The van der Waals surface area contributed by atoms with Crippen LogP contribution < -0.4 is 10.6 Å². The van der Waals surface area contributed by atoms with Crippen molar-refractivity contribution in [3.8, 4) is 0 Å². The second-order valence-corrected chi connectivity index (χ2v) is 9.79. The van der Waals surface area contributed by atoms with Crippen LogP contribution >= 0.6 is 0 Å². The Labute approximate surface area is 237 Å². The molecule has 0 aliphatic heterocycles. The lowest BCUT2D eigenvalue weighted by Gasteiger charge is -2.21. The van der Waals surface area contributed by atoms with Crippen molar-refractivity contribution in [2.24, 2.45) is 0 Å². The van der Waals surface area contributed by atoms with Crippen molar-refractivity contribution >= 4 is 45.6 Å². The van der Waals surface area contributed by atoms with E-state index >= 15 is 0 Å². The Bertz CT molecular complexity index is 1570. The number of fused-ring (bicyclic) bond motifs is 2. The highest BCUT2D eigenvalue weighted by molar-refractivity contribution is 5.98. The number of aryl methyl sites for hydroxylation is 1. The lowest BCUT2D eigenvalue weighted by Crippen LogP contribution is -2.32. The molecule has 3 aromatic carbocycles. The van der Waals surface area contributed by atoms with Gasteiger partial charge in [0.1, 0.15) is 12.4 Å². The van der Waals surface area contributed by atoms with Crippen LogP contribution in [-0.2, 0) is 32.1 Å². The highest BCUT2D eigenvalue weighted by atomic mass is 16.5. The molecule has 0 radical (unpaired) electrons. The number of aromatic nitrogens is 2. The summed E-state index contributed by atoms with van der Waals surface area (Å²) in [5, 5.41) is 16.8. The first-order chi connectivity index (χ1) is 19.8. The van der Waals surface area contributed by atoms with E-state index in [0.717, 1.165) is 34.7 Å². The minimum absolute atomic E-state index is 0.152. The molecule has 4 aromatic rings. The van der Waals surface area contributed by atoms with Gasteiger partial charge in [0.15, 0.2) is 0 Å². The number of carboxylic acids is 1. The van der Waals surface area contributed by atoms with Crippen LogP contribution in [0.25, 0.3) is 21.8 Å². The van der Waals surface area contributed by atoms with Gasteiger partial charge in [-0.2, -0.15) is 0 Å². The Hall–Kier alpha value is -4.73. The van der Waals surface area contributed by atoms with Gasteiger partial charge in [-0.25, -0.2) is 4.98 Å². The second kappa shape index (κ2) is 13.6. The molecular weight excluding hydrogens is 524 g/mol. The third-order valence-electron chi connectivity index (χ3n) is 6.91. The number of carbonyl (C=O) groups is 4. The van der Waals surface area contributed by atoms with Crippen LogP contribution in [0.3, 0.4) is 0 Å². The monoisotopic (exact) mass is 558 g/mol. The summed E-state index contributed by atoms with van der Waals surface area (Å²) in [6.45, 7) is 2.48. The van der Waals surface area contributed by atoms with E-state index in [2.05, 4.69) is 26.9 Å². The average Bonchev–Trinajstić information content (AvgIpc) is 3.34. The Morgan fingerprint density at radius 2 is 1.80 bits per heavy atom. The Morgan fingerprint density at radius 3 is 2.56 bits per heavy atom. The zero-order valence-corrected chi connectivity index (χ0v) is 23.2. The number of carbonyl (C=O) groups excluding carboxylic acids is 3. The number of rotatable bonds is 13. The molecule has 0 fully saturated rings. The number of benzene rings is 3. The molecule has 0 aliphatic carbocycles. The average molecular weight is 559 g/mol. The minimum Gasteiger partial charge on any atom is -0.481 e. The first-order valence-corrected chi connectivity index (χ1v) is 13.6. The van der Waals surface area contributed by atoms with Gasteiger partial charge in [-0.1, -0.05) is 55.8 Å². The predicted octanol–water partition coefficient (Wildman–Crippen LogP) is 4.16. The molecule has 10 nitrogen and oxygen atoms in total. The number of amides is 2. The molecule has 0 saturated carbocycles. The number of unbranched alkanes of at least 4 members (excludes halogenated alkanes) is 1. The van der Waals surface area contributed by atoms with Gasteiger partial charge < -0.3 is 25.0 Å². The SMILES string of the molecule is CCCCn1c(C(Cc2cccc3ccccc23)NC(=O)CCC(=O)O)nc2cc(C(=O)NCC(=O)OC)ccc21. The third-order valence-corrected chi connectivity index (χ3v) is 6.91. The number of aliphatic carboxylic acids is 1. The van der Waals surface area contributed by atoms with Gasteiger partial charge in [0.25, 0.3) is 5.91 Å². The molecule has 1 aromatic heterocycles.